The number of rotatable bonds is 3. The number of allylic oxidation sites excluding steroid dienone is 2. The van der Waals surface area contributed by atoms with Gasteiger partial charge in [0.15, 0.2) is 0 Å². The van der Waals surface area contributed by atoms with Crippen LogP contribution in [0.4, 0.5) is 0 Å². The highest BCUT2D eigenvalue weighted by atomic mass is 14.2. The van der Waals surface area contributed by atoms with Crippen LogP contribution in [0.15, 0.2) is 11.6 Å². The minimum absolute atomic E-state index is 0.932. The smallest absolute Gasteiger partial charge is 0.0294 e. The Morgan fingerprint density at radius 2 is 2.25 bits per heavy atom. The first-order valence-corrected chi connectivity index (χ1v) is 5.39. The summed E-state index contributed by atoms with van der Waals surface area (Å²) in [5.74, 6) is 1.91. The highest BCUT2D eigenvalue weighted by Crippen LogP contribution is 2.32. The lowest BCUT2D eigenvalue weighted by atomic mass is 9.79. The summed E-state index contributed by atoms with van der Waals surface area (Å²) in [5, 5.41) is 0. The molecule has 0 saturated heterocycles. The van der Waals surface area contributed by atoms with Crippen LogP contribution in [0.1, 0.15) is 52.9 Å². The summed E-state index contributed by atoms with van der Waals surface area (Å²) in [6.07, 6.45) is 9.34. The minimum Gasteiger partial charge on any atom is -0.0853 e. The predicted molar refractivity (Wildman–Crippen MR) is 55.2 cm³/mol. The first-order valence-electron chi connectivity index (χ1n) is 5.39. The summed E-state index contributed by atoms with van der Waals surface area (Å²) in [6, 6.07) is 0. The van der Waals surface area contributed by atoms with Gasteiger partial charge in [-0.1, -0.05) is 38.3 Å². The van der Waals surface area contributed by atoms with Gasteiger partial charge in [0.1, 0.15) is 0 Å². The Morgan fingerprint density at radius 3 is 2.83 bits per heavy atom. The van der Waals surface area contributed by atoms with Crippen LogP contribution in [-0.4, -0.2) is 0 Å². The average Bonchev–Trinajstić information content (AvgIpc) is 2.03. The number of unbranched alkanes of at least 4 members (excludes halogenated alkanes) is 1. The molecular formula is C12H22. The largest absolute Gasteiger partial charge is 0.0853 e. The Labute approximate surface area is 77.1 Å². The topological polar surface area (TPSA) is 0 Å². The van der Waals surface area contributed by atoms with Crippen LogP contribution in [-0.2, 0) is 0 Å². The van der Waals surface area contributed by atoms with E-state index < -0.39 is 0 Å². The summed E-state index contributed by atoms with van der Waals surface area (Å²) >= 11 is 0. The van der Waals surface area contributed by atoms with Gasteiger partial charge in [0, 0.05) is 0 Å². The molecule has 12 heavy (non-hydrogen) atoms. The van der Waals surface area contributed by atoms with E-state index in [1.165, 1.54) is 32.1 Å². The zero-order valence-corrected chi connectivity index (χ0v) is 8.77. The van der Waals surface area contributed by atoms with E-state index in [2.05, 4.69) is 26.8 Å². The van der Waals surface area contributed by atoms with Crippen molar-refractivity contribution in [2.45, 2.75) is 52.9 Å². The van der Waals surface area contributed by atoms with Crippen LogP contribution >= 0.6 is 0 Å². The standard InChI is InChI=1S/C12H22/c1-4-5-6-12-8-7-10(2)9-11(12)3/h7,11-12H,4-6,8-9H2,1-3H3. The lowest BCUT2D eigenvalue weighted by Gasteiger charge is -2.27. The first kappa shape index (κ1) is 9.83. The van der Waals surface area contributed by atoms with E-state index in [9.17, 15) is 0 Å². The fourth-order valence-electron chi connectivity index (χ4n) is 2.21. The van der Waals surface area contributed by atoms with E-state index in [0.29, 0.717) is 0 Å². The molecule has 70 valence electrons. The SMILES string of the molecule is CCCCC1CC=C(C)CC1C. The molecule has 0 bridgehead atoms. The van der Waals surface area contributed by atoms with Crippen molar-refractivity contribution < 1.29 is 0 Å². The molecule has 0 aromatic rings. The lowest BCUT2D eigenvalue weighted by Crippen LogP contribution is -2.15. The fraction of sp³-hybridized carbons (Fsp3) is 0.833. The molecule has 1 rings (SSSR count). The molecule has 0 radical (unpaired) electrons. The molecule has 0 aromatic carbocycles. The first-order chi connectivity index (χ1) is 5.74. The Morgan fingerprint density at radius 1 is 1.50 bits per heavy atom. The van der Waals surface area contributed by atoms with Crippen LogP contribution in [0.5, 0.6) is 0 Å². The van der Waals surface area contributed by atoms with Crippen molar-refractivity contribution in [2.75, 3.05) is 0 Å². The van der Waals surface area contributed by atoms with E-state index >= 15 is 0 Å². The normalized spacial score (nSPS) is 30.1. The van der Waals surface area contributed by atoms with Gasteiger partial charge in [-0.2, -0.15) is 0 Å². The van der Waals surface area contributed by atoms with Crippen molar-refractivity contribution in [1.82, 2.24) is 0 Å². The van der Waals surface area contributed by atoms with Crippen LogP contribution < -0.4 is 0 Å². The van der Waals surface area contributed by atoms with Crippen molar-refractivity contribution in [3.8, 4) is 0 Å². The van der Waals surface area contributed by atoms with Crippen LogP contribution in [0.2, 0.25) is 0 Å². The Balaban J connectivity index is 2.35. The second-order valence-corrected chi connectivity index (χ2v) is 4.37. The van der Waals surface area contributed by atoms with Gasteiger partial charge in [0.25, 0.3) is 0 Å². The quantitative estimate of drug-likeness (QED) is 0.552. The number of hydrogen-bond donors (Lipinski definition) is 0. The van der Waals surface area contributed by atoms with Gasteiger partial charge in [0.2, 0.25) is 0 Å². The Hall–Kier alpha value is -0.260. The maximum atomic E-state index is 2.44. The van der Waals surface area contributed by atoms with Gasteiger partial charge >= 0.3 is 0 Å². The van der Waals surface area contributed by atoms with Gasteiger partial charge in [-0.25, -0.2) is 0 Å². The van der Waals surface area contributed by atoms with Crippen molar-refractivity contribution in [2.24, 2.45) is 11.8 Å². The van der Waals surface area contributed by atoms with E-state index in [4.69, 9.17) is 0 Å². The predicted octanol–water partition coefficient (Wildman–Crippen LogP) is 4.17. The third kappa shape index (κ3) is 2.66. The number of hydrogen-bond acceptors (Lipinski definition) is 0. The van der Waals surface area contributed by atoms with Crippen molar-refractivity contribution in [3.05, 3.63) is 11.6 Å². The van der Waals surface area contributed by atoms with Gasteiger partial charge in [-0.05, 0) is 38.0 Å². The summed E-state index contributed by atoms with van der Waals surface area (Å²) < 4.78 is 0. The molecule has 0 aliphatic heterocycles. The molecular weight excluding hydrogens is 144 g/mol. The minimum atomic E-state index is 0.932. The van der Waals surface area contributed by atoms with Crippen molar-refractivity contribution in [1.29, 1.82) is 0 Å². The van der Waals surface area contributed by atoms with Crippen molar-refractivity contribution in [3.63, 3.8) is 0 Å². The van der Waals surface area contributed by atoms with Crippen LogP contribution in [0, 0.1) is 11.8 Å². The molecule has 0 saturated carbocycles. The molecule has 0 N–H and O–H groups in total. The molecule has 0 heteroatoms. The monoisotopic (exact) mass is 166 g/mol. The Bertz CT molecular complexity index is 155. The van der Waals surface area contributed by atoms with Gasteiger partial charge in [0.05, 0.1) is 0 Å². The lowest BCUT2D eigenvalue weighted by molar-refractivity contribution is 0.313. The van der Waals surface area contributed by atoms with Gasteiger partial charge in [-0.3, -0.25) is 0 Å². The molecule has 0 aromatic heterocycles. The van der Waals surface area contributed by atoms with Gasteiger partial charge in [-0.15, -0.1) is 0 Å². The summed E-state index contributed by atoms with van der Waals surface area (Å²) in [4.78, 5) is 0. The molecule has 1 aliphatic rings. The zero-order chi connectivity index (χ0) is 8.97. The van der Waals surface area contributed by atoms with Gasteiger partial charge < -0.3 is 0 Å². The molecule has 2 unspecified atom stereocenters. The van der Waals surface area contributed by atoms with Crippen LogP contribution in [0.3, 0.4) is 0 Å². The fourth-order valence-corrected chi connectivity index (χ4v) is 2.21. The molecule has 1 aliphatic carbocycles. The highest BCUT2D eigenvalue weighted by molar-refractivity contribution is 5.04. The maximum absolute atomic E-state index is 2.44. The average molecular weight is 166 g/mol. The van der Waals surface area contributed by atoms with E-state index in [1.54, 1.807) is 5.57 Å². The van der Waals surface area contributed by atoms with E-state index in [1.807, 2.05) is 0 Å². The highest BCUT2D eigenvalue weighted by Gasteiger charge is 2.19. The summed E-state index contributed by atoms with van der Waals surface area (Å²) in [7, 11) is 0. The summed E-state index contributed by atoms with van der Waals surface area (Å²) in [5.41, 5.74) is 1.61. The second-order valence-electron chi connectivity index (χ2n) is 4.37. The van der Waals surface area contributed by atoms with Crippen LogP contribution in [0.25, 0.3) is 0 Å². The molecule has 0 nitrogen and oxygen atoms in total. The molecule has 0 heterocycles. The molecule has 0 fully saturated rings. The molecule has 2 atom stereocenters. The third-order valence-electron chi connectivity index (χ3n) is 3.15. The zero-order valence-electron chi connectivity index (χ0n) is 8.77. The van der Waals surface area contributed by atoms with Crippen molar-refractivity contribution >= 4 is 0 Å². The Kier molecular flexibility index (Phi) is 3.84. The summed E-state index contributed by atoms with van der Waals surface area (Å²) in [6.45, 7) is 6.97. The molecule has 0 amide bonds. The molecule has 0 spiro atoms. The van der Waals surface area contributed by atoms with E-state index in [-0.39, 0.29) is 0 Å². The third-order valence-corrected chi connectivity index (χ3v) is 3.15. The van der Waals surface area contributed by atoms with E-state index in [0.717, 1.165) is 11.8 Å². The second kappa shape index (κ2) is 4.69. The maximum Gasteiger partial charge on any atom is -0.0294 e.